The molecule has 0 fully saturated rings. The van der Waals surface area contributed by atoms with Gasteiger partial charge >= 0.3 is 35.5 Å². The van der Waals surface area contributed by atoms with Gasteiger partial charge < -0.3 is 9.67 Å². The maximum absolute atomic E-state index is 11.7. The SMILES string of the molecule is CCc1nc2c(C)cc(C)nc2n1Cc1ccc2nn(-c3ccccc3C(=O)O)c(Br)c2c1.[Na+]. The molecular formula is C25H22BrN5NaO2+. The van der Waals surface area contributed by atoms with Gasteiger partial charge in [0.1, 0.15) is 15.9 Å². The van der Waals surface area contributed by atoms with Crippen LogP contribution in [0.2, 0.25) is 0 Å². The maximum Gasteiger partial charge on any atom is 1.00 e. The molecule has 0 unspecified atom stereocenters. The number of rotatable bonds is 5. The van der Waals surface area contributed by atoms with Crippen LogP contribution in [0.15, 0.2) is 53.1 Å². The third kappa shape index (κ3) is 4.20. The average molecular weight is 527 g/mol. The summed E-state index contributed by atoms with van der Waals surface area (Å²) in [6.07, 6.45) is 0.810. The summed E-state index contributed by atoms with van der Waals surface area (Å²) in [5.41, 5.74) is 6.51. The number of pyridine rings is 1. The molecule has 9 heteroatoms. The number of carbonyl (C=O) groups is 1. The molecule has 0 spiro atoms. The van der Waals surface area contributed by atoms with Gasteiger partial charge in [0, 0.05) is 17.5 Å². The molecule has 0 bridgehead atoms. The van der Waals surface area contributed by atoms with Crippen molar-refractivity contribution in [2.24, 2.45) is 0 Å². The van der Waals surface area contributed by atoms with E-state index in [1.165, 1.54) is 0 Å². The van der Waals surface area contributed by atoms with E-state index in [9.17, 15) is 9.90 Å². The molecule has 3 aromatic heterocycles. The third-order valence-electron chi connectivity index (χ3n) is 5.80. The summed E-state index contributed by atoms with van der Waals surface area (Å²) in [7, 11) is 0. The van der Waals surface area contributed by atoms with Crippen molar-refractivity contribution in [1.82, 2.24) is 24.3 Å². The third-order valence-corrected chi connectivity index (χ3v) is 6.56. The van der Waals surface area contributed by atoms with Crippen LogP contribution in [-0.2, 0) is 13.0 Å². The van der Waals surface area contributed by atoms with Crippen molar-refractivity contribution in [3.05, 3.63) is 81.3 Å². The summed E-state index contributed by atoms with van der Waals surface area (Å²) in [4.78, 5) is 21.3. The minimum absolute atomic E-state index is 0. The molecular weight excluding hydrogens is 505 g/mol. The second-order valence-corrected chi connectivity index (χ2v) is 8.85. The number of fused-ring (bicyclic) bond motifs is 2. The van der Waals surface area contributed by atoms with Crippen molar-refractivity contribution in [2.75, 3.05) is 0 Å². The molecule has 5 aromatic rings. The number of para-hydroxylation sites is 1. The van der Waals surface area contributed by atoms with Crippen LogP contribution in [-0.4, -0.2) is 35.4 Å². The van der Waals surface area contributed by atoms with E-state index in [0.29, 0.717) is 16.8 Å². The van der Waals surface area contributed by atoms with Crippen LogP contribution in [0.1, 0.15) is 39.9 Å². The van der Waals surface area contributed by atoms with Gasteiger partial charge in [0.05, 0.1) is 23.3 Å². The first-order chi connectivity index (χ1) is 15.9. The molecule has 3 heterocycles. The Morgan fingerprint density at radius 2 is 1.85 bits per heavy atom. The Morgan fingerprint density at radius 1 is 1.09 bits per heavy atom. The van der Waals surface area contributed by atoms with E-state index in [0.717, 1.165) is 51.1 Å². The summed E-state index contributed by atoms with van der Waals surface area (Å²) < 4.78 is 4.52. The first kappa shape index (κ1) is 24.6. The van der Waals surface area contributed by atoms with Gasteiger partial charge in [-0.05, 0) is 71.2 Å². The maximum atomic E-state index is 11.7. The van der Waals surface area contributed by atoms with Crippen molar-refractivity contribution in [1.29, 1.82) is 0 Å². The molecule has 0 aliphatic rings. The molecule has 0 aliphatic heterocycles. The zero-order valence-corrected chi connectivity index (χ0v) is 23.1. The summed E-state index contributed by atoms with van der Waals surface area (Å²) in [6.45, 7) is 6.81. The first-order valence-electron chi connectivity index (χ1n) is 10.7. The Labute approximate surface area is 227 Å². The van der Waals surface area contributed by atoms with Crippen LogP contribution in [0.3, 0.4) is 0 Å². The Balaban J connectivity index is 0.00000274. The fraction of sp³-hybridized carbons (Fsp3) is 0.200. The standard InChI is InChI=1S/C25H22BrN5O2.Na/c1-4-21-28-22-14(2)11-15(3)27-24(22)30(21)13-16-9-10-19-18(12-16)23(26)31(29-19)20-8-6-5-7-17(20)25(32)33;/h5-12H,4,13H2,1-3H3,(H,32,33);/q;+1. The Kier molecular flexibility index (Phi) is 6.96. The number of carboxylic acids is 1. The predicted molar refractivity (Wildman–Crippen MR) is 131 cm³/mol. The molecule has 5 rings (SSSR count). The molecule has 0 saturated heterocycles. The summed E-state index contributed by atoms with van der Waals surface area (Å²) >= 11 is 3.65. The van der Waals surface area contributed by atoms with Crippen molar-refractivity contribution < 1.29 is 39.5 Å². The van der Waals surface area contributed by atoms with E-state index in [1.54, 1.807) is 28.9 Å². The van der Waals surface area contributed by atoms with Crippen molar-refractivity contribution in [2.45, 2.75) is 33.7 Å². The number of hydrogen-bond acceptors (Lipinski definition) is 4. The summed E-state index contributed by atoms with van der Waals surface area (Å²) in [5.74, 6) is 0.00589. The zero-order chi connectivity index (χ0) is 23.3. The number of aryl methyl sites for hydroxylation is 3. The van der Waals surface area contributed by atoms with Crippen LogP contribution in [0, 0.1) is 13.8 Å². The smallest absolute Gasteiger partial charge is 0.478 e. The molecule has 0 saturated carbocycles. The van der Waals surface area contributed by atoms with E-state index in [4.69, 9.17) is 9.97 Å². The van der Waals surface area contributed by atoms with E-state index < -0.39 is 5.97 Å². The van der Waals surface area contributed by atoms with Gasteiger partial charge in [-0.2, -0.15) is 5.10 Å². The van der Waals surface area contributed by atoms with Gasteiger partial charge in [0.15, 0.2) is 5.65 Å². The quantitative estimate of drug-likeness (QED) is 0.355. The second-order valence-electron chi connectivity index (χ2n) is 8.10. The number of aromatic carboxylic acids is 1. The van der Waals surface area contributed by atoms with Crippen LogP contribution >= 0.6 is 15.9 Å². The molecule has 0 amide bonds. The first-order valence-corrected chi connectivity index (χ1v) is 11.5. The number of halogens is 1. The van der Waals surface area contributed by atoms with Gasteiger partial charge in [-0.3, -0.25) is 0 Å². The zero-order valence-electron chi connectivity index (χ0n) is 19.5. The van der Waals surface area contributed by atoms with Crippen molar-refractivity contribution in [3.8, 4) is 5.69 Å². The average Bonchev–Trinajstić information content (AvgIpc) is 3.31. The van der Waals surface area contributed by atoms with Gasteiger partial charge in [0.2, 0.25) is 0 Å². The molecule has 0 radical (unpaired) electrons. The molecule has 7 nitrogen and oxygen atoms in total. The topological polar surface area (TPSA) is 85.8 Å². The van der Waals surface area contributed by atoms with Crippen molar-refractivity contribution >= 4 is 44.0 Å². The molecule has 0 atom stereocenters. The van der Waals surface area contributed by atoms with Gasteiger partial charge in [-0.25, -0.2) is 19.4 Å². The van der Waals surface area contributed by atoms with E-state index in [1.807, 2.05) is 19.1 Å². The number of hydrogen-bond donors (Lipinski definition) is 1. The molecule has 0 aliphatic carbocycles. The van der Waals surface area contributed by atoms with Gasteiger partial charge in [-0.15, -0.1) is 0 Å². The number of nitrogens with zero attached hydrogens (tertiary/aromatic N) is 5. The number of aromatic nitrogens is 5. The van der Waals surface area contributed by atoms with E-state index in [-0.39, 0.29) is 35.1 Å². The number of carboxylic acid groups (broad SMARTS) is 1. The Morgan fingerprint density at radius 3 is 2.59 bits per heavy atom. The second kappa shape index (κ2) is 9.62. The van der Waals surface area contributed by atoms with Gasteiger partial charge in [-0.1, -0.05) is 25.1 Å². The Bertz CT molecular complexity index is 1560. The number of benzene rings is 2. The van der Waals surface area contributed by atoms with Crippen LogP contribution < -0.4 is 29.6 Å². The molecule has 1 N–H and O–H groups in total. The molecule has 166 valence electrons. The minimum Gasteiger partial charge on any atom is -0.478 e. The monoisotopic (exact) mass is 526 g/mol. The molecule has 34 heavy (non-hydrogen) atoms. The summed E-state index contributed by atoms with van der Waals surface area (Å²) in [5, 5.41) is 15.1. The minimum atomic E-state index is -0.991. The molecule has 2 aromatic carbocycles. The number of imidazole rings is 1. The summed E-state index contributed by atoms with van der Waals surface area (Å²) in [6, 6.07) is 15.0. The van der Waals surface area contributed by atoms with Crippen LogP contribution in [0.25, 0.3) is 27.8 Å². The van der Waals surface area contributed by atoms with E-state index in [2.05, 4.69) is 51.6 Å². The predicted octanol–water partition coefficient (Wildman–Crippen LogP) is 2.46. The fourth-order valence-electron chi connectivity index (χ4n) is 4.27. The van der Waals surface area contributed by atoms with E-state index >= 15 is 0 Å². The van der Waals surface area contributed by atoms with Crippen LogP contribution in [0.4, 0.5) is 0 Å². The Hall–Kier alpha value is -2.52. The largest absolute Gasteiger partial charge is 1.00 e. The van der Waals surface area contributed by atoms with Crippen molar-refractivity contribution in [3.63, 3.8) is 0 Å². The van der Waals surface area contributed by atoms with Gasteiger partial charge in [0.25, 0.3) is 0 Å². The van der Waals surface area contributed by atoms with Crippen LogP contribution in [0.5, 0.6) is 0 Å². The fourth-order valence-corrected chi connectivity index (χ4v) is 4.85. The normalized spacial score (nSPS) is 11.2.